The molecule has 75 heavy (non-hydrogen) atoms. The van der Waals surface area contributed by atoms with E-state index in [0.29, 0.717) is 11.5 Å². The van der Waals surface area contributed by atoms with E-state index in [1.54, 1.807) is 164 Å². The monoisotopic (exact) mass is 1080 g/mol. The lowest BCUT2D eigenvalue weighted by Crippen LogP contribution is -2.18. The molecule has 1 unspecified atom stereocenters. The normalized spacial score (nSPS) is 12.5. The number of para-hydroxylation sites is 5. The highest BCUT2D eigenvalue weighted by Gasteiger charge is 2.36. The van der Waals surface area contributed by atoms with Crippen LogP contribution in [-0.4, -0.2) is 8.42 Å². The van der Waals surface area contributed by atoms with Gasteiger partial charge in [-0.25, -0.2) is 8.42 Å². The van der Waals surface area contributed by atoms with E-state index in [9.17, 15) is 22.1 Å². The first-order valence-electron chi connectivity index (χ1n) is 23.1. The Morgan fingerprint density at radius 3 is 0.640 bits per heavy atom. The summed E-state index contributed by atoms with van der Waals surface area (Å²) < 4.78 is 122. The second-order valence-corrected chi connectivity index (χ2v) is 23.1. The predicted molar refractivity (Wildman–Crippen MR) is 284 cm³/mol. The van der Waals surface area contributed by atoms with E-state index in [-0.39, 0.29) is 50.0 Å². The third kappa shape index (κ3) is 13.5. The number of rotatable bonds is 22. The smallest absolute Gasteiger partial charge is 0.386 e. The van der Waals surface area contributed by atoms with Gasteiger partial charge >= 0.3 is 23.5 Å². The lowest BCUT2D eigenvalue weighted by molar-refractivity contribution is 0.296. The van der Waals surface area contributed by atoms with Gasteiger partial charge in [-0.1, -0.05) is 129 Å². The molecule has 0 N–H and O–H groups in total. The molecule has 9 rings (SSSR count). The van der Waals surface area contributed by atoms with E-state index in [4.69, 9.17) is 40.7 Å². The van der Waals surface area contributed by atoms with E-state index in [0.717, 1.165) is 11.1 Å². The van der Waals surface area contributed by atoms with Crippen LogP contribution in [0.15, 0.2) is 259 Å². The van der Waals surface area contributed by atoms with E-state index in [1.165, 1.54) is 48.5 Å². The maximum Gasteiger partial charge on any atom is 0.647 e. The minimum Gasteiger partial charge on any atom is -0.386 e. The van der Waals surface area contributed by atoms with E-state index >= 15 is 0 Å². The number of phosphoric acid groups is 3. The van der Waals surface area contributed by atoms with Crippen LogP contribution in [0.1, 0.15) is 25.0 Å². The summed E-state index contributed by atoms with van der Waals surface area (Å²) >= 11 is 0. The minimum absolute atomic E-state index is 0.00987. The molecule has 0 aromatic heterocycles. The first-order valence-corrected chi connectivity index (χ1v) is 29.0. The van der Waals surface area contributed by atoms with Gasteiger partial charge in [0.2, 0.25) is 9.84 Å². The molecule has 380 valence electrons. The molecule has 0 saturated carbocycles. The summed E-state index contributed by atoms with van der Waals surface area (Å²) in [5, 5.41) is 0. The summed E-state index contributed by atoms with van der Waals surface area (Å²) in [6.45, 7) is 4.04. The fourth-order valence-corrected chi connectivity index (χ4v) is 12.3. The fraction of sp³-hybridized carbons (Fsp3) is 0.0526. The topological polar surface area (TPSA) is 168 Å². The molecule has 0 fully saturated rings. The summed E-state index contributed by atoms with van der Waals surface area (Å²) in [4.78, 5) is -0.209. The Bertz CT molecular complexity index is 3470. The quantitative estimate of drug-likeness (QED) is 0.0588. The summed E-state index contributed by atoms with van der Waals surface area (Å²) in [7, 11) is -17.2. The molecule has 0 radical (unpaired) electrons. The highest BCUT2D eigenvalue weighted by atomic mass is 32.2. The molecule has 1 atom stereocenters. The van der Waals surface area contributed by atoms with Crippen LogP contribution in [0.2, 0.25) is 0 Å². The molecule has 9 aromatic carbocycles. The highest BCUT2D eigenvalue weighted by molar-refractivity contribution is 7.91. The molecule has 0 spiro atoms. The average molecular weight is 1080 g/mol. The minimum atomic E-state index is -4.51. The van der Waals surface area contributed by atoms with Crippen LogP contribution in [-0.2, 0) is 28.9 Å². The Labute approximate surface area is 434 Å². The van der Waals surface area contributed by atoms with Crippen molar-refractivity contribution < 1.29 is 62.8 Å². The predicted octanol–water partition coefficient (Wildman–Crippen LogP) is 15.8. The van der Waals surface area contributed by atoms with Crippen molar-refractivity contribution in [1.29, 1.82) is 0 Å². The zero-order valence-corrected chi connectivity index (χ0v) is 43.6. The van der Waals surface area contributed by atoms with Gasteiger partial charge in [-0.3, -0.25) is 0 Å². The van der Waals surface area contributed by atoms with Crippen molar-refractivity contribution >= 4 is 33.3 Å². The van der Waals surface area contributed by atoms with Gasteiger partial charge < -0.3 is 40.7 Å². The Morgan fingerprint density at radius 2 is 0.440 bits per heavy atom. The van der Waals surface area contributed by atoms with Crippen molar-refractivity contribution in [3.05, 3.63) is 260 Å². The summed E-state index contributed by atoms with van der Waals surface area (Å²) in [5.74, 6) is 1.71. The Hall–Kier alpha value is -8.18. The van der Waals surface area contributed by atoms with Gasteiger partial charge in [0.05, 0.1) is 9.79 Å². The SMILES string of the molecule is CC(C)(c1ccc(OP(=O)(Oc2ccccc2)Oc2ccccc2)cc1)c1ccc(OP(=O)(Oc2ccccc2)Oc2ccc(S(=O)(=O)c3ccc(OP(=O)(Oc4ccccc4)Oc4ccccc4)cc3)cc2)cc1. The Kier molecular flexibility index (Phi) is 15.5. The molecule has 0 saturated heterocycles. The number of hydrogen-bond donors (Lipinski definition) is 0. The first-order chi connectivity index (χ1) is 36.1. The number of hydrogen-bond acceptors (Lipinski definition) is 14. The van der Waals surface area contributed by atoms with Crippen LogP contribution in [0.3, 0.4) is 0 Å². The van der Waals surface area contributed by atoms with Crippen LogP contribution >= 0.6 is 23.5 Å². The van der Waals surface area contributed by atoms with Crippen molar-refractivity contribution in [2.45, 2.75) is 29.1 Å². The summed E-state index contributed by atoms with van der Waals surface area (Å²) in [5.41, 5.74) is 1.16. The standard InChI is InChI=1S/C57H47O14P3S/c1-57(2,44-28-32-51(33-29-44)68-72(58,63-46-18-8-3-9-19-46)64-47-20-10-4-11-21-47)45-30-34-52(35-31-45)69-74(60,67-50-26-16-7-17-27-50)71-54-38-42-56(43-39-54)75(61,62)55-40-36-53(37-41-55)70-73(59,65-48-22-12-5-13-23-48)66-49-24-14-6-15-25-49/h3-43H,1-2H3. The van der Waals surface area contributed by atoms with E-state index < -0.39 is 38.7 Å². The second kappa shape index (κ2) is 22.5. The Balaban J connectivity index is 0.876. The summed E-state index contributed by atoms with van der Waals surface area (Å²) in [6, 6.07) is 66.7. The van der Waals surface area contributed by atoms with Gasteiger partial charge in [0, 0.05) is 5.41 Å². The molecule has 14 nitrogen and oxygen atoms in total. The number of phosphoric ester groups is 3. The molecule has 0 aliphatic carbocycles. The van der Waals surface area contributed by atoms with Crippen LogP contribution in [0.25, 0.3) is 0 Å². The van der Waals surface area contributed by atoms with Crippen LogP contribution in [0.5, 0.6) is 51.7 Å². The number of benzene rings is 9. The van der Waals surface area contributed by atoms with E-state index in [2.05, 4.69) is 0 Å². The van der Waals surface area contributed by atoms with Crippen molar-refractivity contribution in [2.75, 3.05) is 0 Å². The van der Waals surface area contributed by atoms with Crippen molar-refractivity contribution in [3.8, 4) is 51.7 Å². The molecular formula is C57H47O14P3S. The van der Waals surface area contributed by atoms with Gasteiger partial charge in [0.25, 0.3) is 0 Å². The first kappa shape index (κ1) is 51.7. The van der Waals surface area contributed by atoms with Crippen molar-refractivity contribution in [1.82, 2.24) is 0 Å². The van der Waals surface area contributed by atoms with Gasteiger partial charge in [0.15, 0.2) is 0 Å². The van der Waals surface area contributed by atoms with Crippen LogP contribution in [0, 0.1) is 0 Å². The second-order valence-electron chi connectivity index (χ2n) is 16.8. The zero-order chi connectivity index (χ0) is 52.4. The summed E-state index contributed by atoms with van der Waals surface area (Å²) in [6.07, 6.45) is 0. The zero-order valence-electron chi connectivity index (χ0n) is 40.1. The maximum absolute atomic E-state index is 14.5. The maximum atomic E-state index is 14.5. The molecule has 0 bridgehead atoms. The van der Waals surface area contributed by atoms with Crippen molar-refractivity contribution in [2.24, 2.45) is 0 Å². The van der Waals surface area contributed by atoms with Crippen molar-refractivity contribution in [3.63, 3.8) is 0 Å². The van der Waals surface area contributed by atoms with Crippen LogP contribution < -0.4 is 40.7 Å². The third-order valence-electron chi connectivity index (χ3n) is 11.1. The van der Waals surface area contributed by atoms with Gasteiger partial charge in [-0.2, -0.15) is 13.7 Å². The largest absolute Gasteiger partial charge is 0.647 e. The highest BCUT2D eigenvalue weighted by Crippen LogP contribution is 2.53. The van der Waals surface area contributed by atoms with Gasteiger partial charge in [-0.05, 0) is 145 Å². The van der Waals surface area contributed by atoms with Gasteiger partial charge in [0.1, 0.15) is 51.7 Å². The number of sulfone groups is 1. The Morgan fingerprint density at radius 1 is 0.267 bits per heavy atom. The molecule has 0 amide bonds. The van der Waals surface area contributed by atoms with E-state index in [1.807, 2.05) is 50.2 Å². The fourth-order valence-electron chi connectivity index (χ4n) is 7.26. The molecule has 9 aromatic rings. The molecular weight excluding hydrogens is 1030 g/mol. The van der Waals surface area contributed by atoms with Crippen LogP contribution in [0.4, 0.5) is 0 Å². The lowest BCUT2D eigenvalue weighted by atomic mass is 9.78. The molecule has 0 aliphatic rings. The average Bonchev–Trinajstić information content (AvgIpc) is 3.40. The molecule has 0 heterocycles. The molecule has 0 aliphatic heterocycles. The van der Waals surface area contributed by atoms with Gasteiger partial charge in [-0.15, -0.1) is 0 Å². The lowest BCUT2D eigenvalue weighted by Gasteiger charge is -2.27. The molecule has 18 heteroatoms. The third-order valence-corrected chi connectivity index (χ3v) is 16.8.